The molecule has 6 nitrogen and oxygen atoms in total. The molecule has 0 bridgehead atoms. The van der Waals surface area contributed by atoms with Crippen LogP contribution >= 0.6 is 0 Å². The number of rotatable bonds is 8. The Hall–Kier alpha value is -2.45. The molecule has 0 saturated heterocycles. The predicted octanol–water partition coefficient (Wildman–Crippen LogP) is 2.00. The van der Waals surface area contributed by atoms with Gasteiger partial charge in [-0.15, -0.1) is 0 Å². The summed E-state index contributed by atoms with van der Waals surface area (Å²) >= 11 is 0. The van der Waals surface area contributed by atoms with Crippen molar-refractivity contribution in [2.75, 3.05) is 7.11 Å². The van der Waals surface area contributed by atoms with E-state index >= 15 is 0 Å². The number of methoxy groups -OCH3 is 1. The van der Waals surface area contributed by atoms with Crippen LogP contribution in [0.1, 0.15) is 18.4 Å². The van der Waals surface area contributed by atoms with Crippen LogP contribution in [-0.4, -0.2) is 33.5 Å². The molecule has 1 atom stereocenters. The van der Waals surface area contributed by atoms with E-state index in [0.29, 0.717) is 0 Å². The summed E-state index contributed by atoms with van der Waals surface area (Å²) in [5, 5.41) is 2.82. The number of nitrogens with one attached hydrogen (secondary N) is 2. The van der Waals surface area contributed by atoms with Crippen LogP contribution in [0.2, 0.25) is 0 Å². The van der Waals surface area contributed by atoms with Gasteiger partial charge in [0, 0.05) is 6.04 Å². The van der Waals surface area contributed by atoms with Crippen molar-refractivity contribution in [2.24, 2.45) is 0 Å². The molecule has 0 aliphatic heterocycles. The zero-order chi connectivity index (χ0) is 19.4. The van der Waals surface area contributed by atoms with Crippen LogP contribution in [-0.2, 0) is 21.2 Å². The van der Waals surface area contributed by atoms with Crippen molar-refractivity contribution in [1.82, 2.24) is 10.0 Å². The van der Waals surface area contributed by atoms with Crippen molar-refractivity contribution in [2.45, 2.75) is 36.2 Å². The predicted molar refractivity (Wildman–Crippen MR) is 98.4 cm³/mol. The van der Waals surface area contributed by atoms with Crippen molar-refractivity contribution in [3.63, 3.8) is 0 Å². The van der Waals surface area contributed by atoms with E-state index in [1.807, 2.05) is 30.3 Å². The van der Waals surface area contributed by atoms with Gasteiger partial charge >= 0.3 is 0 Å². The lowest BCUT2D eigenvalue weighted by molar-refractivity contribution is -0.122. The highest BCUT2D eigenvalue weighted by Gasteiger charge is 2.32. The summed E-state index contributed by atoms with van der Waals surface area (Å²) < 4.78 is 46.7. The summed E-state index contributed by atoms with van der Waals surface area (Å²) in [5.74, 6) is -1.11. The average molecular weight is 392 g/mol. The van der Waals surface area contributed by atoms with Gasteiger partial charge < -0.3 is 10.1 Å². The fourth-order valence-electron chi connectivity index (χ4n) is 2.68. The summed E-state index contributed by atoms with van der Waals surface area (Å²) in [6.07, 6.45) is 1.94. The molecule has 2 N–H and O–H groups in total. The smallest absolute Gasteiger partial charge is 0.245 e. The molecule has 3 rings (SSSR count). The van der Waals surface area contributed by atoms with Crippen molar-refractivity contribution in [3.8, 4) is 5.75 Å². The highest BCUT2D eigenvalue weighted by Crippen LogP contribution is 2.25. The van der Waals surface area contributed by atoms with Gasteiger partial charge in [0.05, 0.1) is 7.11 Å². The van der Waals surface area contributed by atoms with Gasteiger partial charge in [0.2, 0.25) is 15.9 Å². The topological polar surface area (TPSA) is 84.5 Å². The average Bonchev–Trinajstić information content (AvgIpc) is 3.46. The van der Waals surface area contributed by atoms with Crippen molar-refractivity contribution in [1.29, 1.82) is 0 Å². The minimum atomic E-state index is -4.18. The van der Waals surface area contributed by atoms with Crippen LogP contribution in [0.3, 0.4) is 0 Å². The second-order valence-electron chi connectivity index (χ2n) is 6.44. The molecule has 1 amide bonds. The fourth-order valence-corrected chi connectivity index (χ4v) is 4.05. The van der Waals surface area contributed by atoms with E-state index in [9.17, 15) is 17.6 Å². The monoisotopic (exact) mass is 392 g/mol. The Morgan fingerprint density at radius 3 is 2.56 bits per heavy atom. The lowest BCUT2D eigenvalue weighted by atomic mass is 10.1. The number of carbonyl (C=O) groups is 1. The minimum Gasteiger partial charge on any atom is -0.495 e. The van der Waals surface area contributed by atoms with Crippen LogP contribution in [0.15, 0.2) is 53.4 Å². The molecular formula is C19H21FN2O4S. The molecular weight excluding hydrogens is 371 g/mol. The molecule has 27 heavy (non-hydrogen) atoms. The summed E-state index contributed by atoms with van der Waals surface area (Å²) in [6, 6.07) is 11.4. The number of benzene rings is 2. The van der Waals surface area contributed by atoms with Gasteiger partial charge in [-0.05, 0) is 43.0 Å². The number of amides is 1. The molecule has 144 valence electrons. The third-order valence-electron chi connectivity index (χ3n) is 4.24. The van der Waals surface area contributed by atoms with E-state index in [0.717, 1.165) is 30.5 Å². The zero-order valence-electron chi connectivity index (χ0n) is 14.8. The summed E-state index contributed by atoms with van der Waals surface area (Å²) in [7, 11) is -2.88. The first-order valence-corrected chi connectivity index (χ1v) is 10.1. The van der Waals surface area contributed by atoms with E-state index in [1.54, 1.807) is 0 Å². The molecule has 0 heterocycles. The van der Waals surface area contributed by atoms with E-state index < -0.39 is 27.8 Å². The lowest BCUT2D eigenvalue weighted by Gasteiger charge is -2.19. The van der Waals surface area contributed by atoms with Gasteiger partial charge in [0.15, 0.2) is 0 Å². The maximum atomic E-state index is 13.6. The van der Waals surface area contributed by atoms with Crippen LogP contribution < -0.4 is 14.8 Å². The van der Waals surface area contributed by atoms with Crippen LogP contribution in [0.25, 0.3) is 0 Å². The molecule has 1 unspecified atom stereocenters. The van der Waals surface area contributed by atoms with E-state index in [2.05, 4.69) is 10.0 Å². The fraction of sp³-hybridized carbons (Fsp3) is 0.316. The Labute approximate surface area is 157 Å². The first-order chi connectivity index (χ1) is 12.9. The first-order valence-electron chi connectivity index (χ1n) is 8.59. The van der Waals surface area contributed by atoms with Gasteiger partial charge in [-0.1, -0.05) is 30.3 Å². The number of ether oxygens (including phenoxy) is 1. The molecule has 2 aromatic carbocycles. The standard InChI is InChI=1S/C19H21FN2O4S/c1-26-17-10-7-14(20)12-18(17)27(24,25)22-16(19(23)21-15-8-9-15)11-13-5-3-2-4-6-13/h2-7,10,12,15-16,22H,8-9,11H2,1H3,(H,21,23). The number of carbonyl (C=O) groups excluding carboxylic acids is 1. The zero-order valence-corrected chi connectivity index (χ0v) is 15.6. The van der Waals surface area contributed by atoms with Crippen molar-refractivity contribution < 1.29 is 22.3 Å². The SMILES string of the molecule is COc1ccc(F)cc1S(=O)(=O)NC(Cc1ccccc1)C(=O)NC1CC1. The Morgan fingerprint density at radius 2 is 1.93 bits per heavy atom. The van der Waals surface area contributed by atoms with Gasteiger partial charge in [0.25, 0.3) is 0 Å². The van der Waals surface area contributed by atoms with Crippen LogP contribution in [0, 0.1) is 5.82 Å². The molecule has 2 aromatic rings. The summed E-state index contributed by atoms with van der Waals surface area (Å²) in [4.78, 5) is 12.2. The van der Waals surface area contributed by atoms with Gasteiger partial charge in [-0.3, -0.25) is 4.79 Å². The molecule has 1 saturated carbocycles. The largest absolute Gasteiger partial charge is 0.495 e. The van der Waals surface area contributed by atoms with E-state index in [-0.39, 0.29) is 23.1 Å². The molecule has 1 fully saturated rings. The number of hydrogen-bond acceptors (Lipinski definition) is 4. The summed E-state index contributed by atoms with van der Waals surface area (Å²) in [5.41, 5.74) is 0.808. The van der Waals surface area contributed by atoms with Crippen LogP contribution in [0.5, 0.6) is 5.75 Å². The number of hydrogen-bond donors (Lipinski definition) is 2. The van der Waals surface area contributed by atoms with Crippen molar-refractivity contribution >= 4 is 15.9 Å². The highest BCUT2D eigenvalue weighted by atomic mass is 32.2. The van der Waals surface area contributed by atoms with Gasteiger partial charge in [0.1, 0.15) is 22.5 Å². The van der Waals surface area contributed by atoms with Gasteiger partial charge in [-0.2, -0.15) is 4.72 Å². The molecule has 0 radical (unpaired) electrons. The molecule has 1 aliphatic rings. The second-order valence-corrected chi connectivity index (χ2v) is 8.12. The maximum Gasteiger partial charge on any atom is 0.245 e. The molecule has 8 heteroatoms. The Balaban J connectivity index is 1.87. The first kappa shape index (κ1) is 19.3. The second kappa shape index (κ2) is 8.06. The number of halogens is 1. The van der Waals surface area contributed by atoms with E-state index in [1.165, 1.54) is 13.2 Å². The third kappa shape index (κ3) is 5.05. The quantitative estimate of drug-likeness (QED) is 0.720. The Bertz CT molecular complexity index is 915. The normalized spacial score (nSPS) is 15.2. The maximum absolute atomic E-state index is 13.6. The molecule has 0 spiro atoms. The third-order valence-corrected chi connectivity index (χ3v) is 5.73. The highest BCUT2D eigenvalue weighted by molar-refractivity contribution is 7.89. The lowest BCUT2D eigenvalue weighted by Crippen LogP contribution is -2.48. The Morgan fingerprint density at radius 1 is 1.22 bits per heavy atom. The molecule has 1 aliphatic carbocycles. The summed E-state index contributed by atoms with van der Waals surface area (Å²) in [6.45, 7) is 0. The number of sulfonamides is 1. The Kier molecular flexibility index (Phi) is 5.76. The molecule has 0 aromatic heterocycles. The minimum absolute atomic E-state index is 0.00459. The van der Waals surface area contributed by atoms with Crippen molar-refractivity contribution in [3.05, 3.63) is 59.9 Å². The van der Waals surface area contributed by atoms with E-state index in [4.69, 9.17) is 4.74 Å². The van der Waals surface area contributed by atoms with Crippen LogP contribution in [0.4, 0.5) is 4.39 Å². The van der Waals surface area contributed by atoms with Gasteiger partial charge in [-0.25, -0.2) is 12.8 Å².